The van der Waals surface area contributed by atoms with Gasteiger partial charge in [0, 0.05) is 38.9 Å². The summed E-state index contributed by atoms with van der Waals surface area (Å²) in [6, 6.07) is 4.18. The topological polar surface area (TPSA) is 70.1 Å². The molecule has 2 aliphatic rings. The lowest BCUT2D eigenvalue weighted by atomic mass is 9.98. The van der Waals surface area contributed by atoms with Crippen LogP contribution in [0.3, 0.4) is 0 Å². The molecule has 8 heteroatoms. The van der Waals surface area contributed by atoms with Crippen LogP contribution in [0.25, 0.3) is 0 Å². The van der Waals surface area contributed by atoms with Crippen LogP contribution >= 0.6 is 24.0 Å². The van der Waals surface area contributed by atoms with Gasteiger partial charge in [-0.25, -0.2) is 9.98 Å². The van der Waals surface area contributed by atoms with Crippen LogP contribution in [-0.2, 0) is 16.1 Å². The first-order valence-electron chi connectivity index (χ1n) is 10.6. The second kappa shape index (κ2) is 12.2. The lowest BCUT2D eigenvalue weighted by molar-refractivity contribution is -0.149. The molecule has 3 rings (SSSR count). The molecule has 0 radical (unpaired) electrons. The summed E-state index contributed by atoms with van der Waals surface area (Å²) >= 11 is 0. The summed E-state index contributed by atoms with van der Waals surface area (Å²) in [7, 11) is 0. The minimum atomic E-state index is -0.0903. The SMILES string of the molecule is CCNC(=NCc1ccnc(N2CCCC2)c1)N1CCCC(C(=O)OCC)C1.I. The van der Waals surface area contributed by atoms with E-state index in [1.807, 2.05) is 19.2 Å². The summed E-state index contributed by atoms with van der Waals surface area (Å²) in [4.78, 5) is 26.0. The molecule has 1 atom stereocenters. The van der Waals surface area contributed by atoms with E-state index in [-0.39, 0.29) is 35.9 Å². The van der Waals surface area contributed by atoms with Gasteiger partial charge in [0.15, 0.2) is 5.96 Å². The van der Waals surface area contributed by atoms with Crippen LogP contribution < -0.4 is 10.2 Å². The summed E-state index contributed by atoms with van der Waals surface area (Å²) in [5.41, 5.74) is 1.16. The molecule has 2 fully saturated rings. The summed E-state index contributed by atoms with van der Waals surface area (Å²) < 4.78 is 5.22. The molecule has 0 spiro atoms. The largest absolute Gasteiger partial charge is 0.466 e. The number of carbonyl (C=O) groups is 1. The molecule has 1 aromatic rings. The molecular weight excluding hydrogens is 481 g/mol. The number of pyridine rings is 1. The number of carbonyl (C=O) groups excluding carboxylic acids is 1. The van der Waals surface area contributed by atoms with Crippen LogP contribution in [0.5, 0.6) is 0 Å². The number of piperidine rings is 1. The number of nitrogens with zero attached hydrogens (tertiary/aromatic N) is 4. The molecule has 29 heavy (non-hydrogen) atoms. The molecule has 2 saturated heterocycles. The third-order valence-corrected chi connectivity index (χ3v) is 5.33. The lowest BCUT2D eigenvalue weighted by Gasteiger charge is -2.34. The fraction of sp³-hybridized carbons (Fsp3) is 0.667. The van der Waals surface area contributed by atoms with Crippen molar-refractivity contribution in [3.05, 3.63) is 23.9 Å². The molecule has 0 aliphatic carbocycles. The first kappa shape index (κ1) is 23.7. The standard InChI is InChI=1S/C21H33N5O2.HI/c1-3-22-21(26-13-7-8-18(16-26)20(27)28-4-2)24-15-17-9-10-23-19(14-17)25-11-5-6-12-25;/h9-10,14,18H,3-8,11-13,15-16H2,1-2H3,(H,22,24);1H. The number of likely N-dealkylation sites (tertiary alicyclic amines) is 1. The third-order valence-electron chi connectivity index (χ3n) is 5.33. The Labute approximate surface area is 191 Å². The number of esters is 1. The molecule has 1 N–H and O–H groups in total. The van der Waals surface area contributed by atoms with Gasteiger partial charge in [0.05, 0.1) is 19.1 Å². The maximum Gasteiger partial charge on any atom is 0.310 e. The minimum absolute atomic E-state index is 0. The Kier molecular flexibility index (Phi) is 9.96. The van der Waals surface area contributed by atoms with E-state index >= 15 is 0 Å². The summed E-state index contributed by atoms with van der Waals surface area (Å²) in [5, 5.41) is 3.38. The zero-order chi connectivity index (χ0) is 19.8. The van der Waals surface area contributed by atoms with Gasteiger partial charge in [-0.05, 0) is 57.2 Å². The average molecular weight is 515 g/mol. The third kappa shape index (κ3) is 6.72. The van der Waals surface area contributed by atoms with Crippen LogP contribution in [0.15, 0.2) is 23.3 Å². The second-order valence-electron chi connectivity index (χ2n) is 7.42. The van der Waals surface area contributed by atoms with Crippen molar-refractivity contribution in [1.82, 2.24) is 15.2 Å². The highest BCUT2D eigenvalue weighted by Crippen LogP contribution is 2.20. The van der Waals surface area contributed by atoms with Crippen molar-refractivity contribution in [3.8, 4) is 0 Å². The number of guanidine groups is 1. The van der Waals surface area contributed by atoms with Crippen molar-refractivity contribution < 1.29 is 9.53 Å². The van der Waals surface area contributed by atoms with E-state index in [2.05, 4.69) is 33.1 Å². The summed E-state index contributed by atoms with van der Waals surface area (Å²) in [6.45, 7) is 9.52. The molecule has 2 aliphatic heterocycles. The Morgan fingerprint density at radius 3 is 2.79 bits per heavy atom. The van der Waals surface area contributed by atoms with Crippen LogP contribution in [0.4, 0.5) is 5.82 Å². The van der Waals surface area contributed by atoms with Gasteiger partial charge in [0.1, 0.15) is 5.82 Å². The van der Waals surface area contributed by atoms with Gasteiger partial charge in [-0.2, -0.15) is 0 Å². The molecular formula is C21H34IN5O2. The molecule has 162 valence electrons. The van der Waals surface area contributed by atoms with E-state index in [9.17, 15) is 4.79 Å². The predicted octanol–water partition coefficient (Wildman–Crippen LogP) is 3.04. The molecule has 1 aromatic heterocycles. The van der Waals surface area contributed by atoms with Crippen LogP contribution in [0, 0.1) is 5.92 Å². The van der Waals surface area contributed by atoms with E-state index in [1.165, 1.54) is 12.8 Å². The molecule has 1 unspecified atom stereocenters. The molecule has 7 nitrogen and oxygen atoms in total. The van der Waals surface area contributed by atoms with Crippen molar-refractivity contribution >= 4 is 41.7 Å². The van der Waals surface area contributed by atoms with Crippen LogP contribution in [0.1, 0.15) is 45.1 Å². The molecule has 0 amide bonds. The maximum atomic E-state index is 12.1. The van der Waals surface area contributed by atoms with Gasteiger partial charge < -0.3 is 19.9 Å². The van der Waals surface area contributed by atoms with Gasteiger partial charge >= 0.3 is 5.97 Å². The fourth-order valence-electron chi connectivity index (χ4n) is 3.89. The van der Waals surface area contributed by atoms with E-state index < -0.39 is 0 Å². The monoisotopic (exact) mass is 515 g/mol. The van der Waals surface area contributed by atoms with Gasteiger partial charge in [0.25, 0.3) is 0 Å². The first-order chi connectivity index (χ1) is 13.7. The Hall–Kier alpha value is -1.58. The van der Waals surface area contributed by atoms with Gasteiger partial charge in [-0.3, -0.25) is 4.79 Å². The van der Waals surface area contributed by atoms with Crippen molar-refractivity contribution in [2.24, 2.45) is 10.9 Å². The Bertz CT molecular complexity index is 679. The van der Waals surface area contributed by atoms with Crippen LogP contribution in [0.2, 0.25) is 0 Å². The van der Waals surface area contributed by atoms with Crippen molar-refractivity contribution in [2.45, 2.75) is 46.1 Å². The number of hydrogen-bond donors (Lipinski definition) is 1. The first-order valence-corrected chi connectivity index (χ1v) is 10.6. The van der Waals surface area contributed by atoms with Gasteiger partial charge in [-0.15, -0.1) is 24.0 Å². The highest BCUT2D eigenvalue weighted by molar-refractivity contribution is 14.0. The highest BCUT2D eigenvalue weighted by atomic mass is 127. The molecule has 3 heterocycles. The number of aromatic nitrogens is 1. The van der Waals surface area contributed by atoms with E-state index in [0.717, 1.165) is 56.4 Å². The van der Waals surface area contributed by atoms with Crippen molar-refractivity contribution in [3.63, 3.8) is 0 Å². The Morgan fingerprint density at radius 2 is 2.07 bits per heavy atom. The smallest absolute Gasteiger partial charge is 0.310 e. The fourth-order valence-corrected chi connectivity index (χ4v) is 3.89. The Morgan fingerprint density at radius 1 is 1.28 bits per heavy atom. The number of halogens is 1. The molecule has 0 aromatic carbocycles. The number of aliphatic imine (C=N–C) groups is 1. The van der Waals surface area contributed by atoms with E-state index in [4.69, 9.17) is 9.73 Å². The second-order valence-corrected chi connectivity index (χ2v) is 7.42. The van der Waals surface area contributed by atoms with Gasteiger partial charge in [-0.1, -0.05) is 0 Å². The molecule has 0 saturated carbocycles. The number of anilines is 1. The number of ether oxygens (including phenoxy) is 1. The number of hydrogen-bond acceptors (Lipinski definition) is 5. The number of rotatable bonds is 6. The quantitative estimate of drug-likeness (QED) is 0.272. The van der Waals surface area contributed by atoms with Crippen LogP contribution in [-0.4, -0.2) is 61.1 Å². The Balaban J connectivity index is 0.00000300. The van der Waals surface area contributed by atoms with E-state index in [1.54, 1.807) is 0 Å². The van der Waals surface area contributed by atoms with Crippen molar-refractivity contribution in [1.29, 1.82) is 0 Å². The normalized spacial score (nSPS) is 19.7. The number of nitrogens with one attached hydrogen (secondary N) is 1. The summed E-state index contributed by atoms with van der Waals surface area (Å²) in [5.74, 6) is 1.76. The molecule has 0 bridgehead atoms. The summed E-state index contributed by atoms with van der Waals surface area (Å²) in [6.07, 6.45) is 6.22. The van der Waals surface area contributed by atoms with E-state index in [0.29, 0.717) is 19.7 Å². The average Bonchev–Trinajstić information content (AvgIpc) is 3.26. The van der Waals surface area contributed by atoms with Gasteiger partial charge in [0.2, 0.25) is 0 Å². The zero-order valence-corrected chi connectivity index (χ0v) is 19.9. The predicted molar refractivity (Wildman–Crippen MR) is 127 cm³/mol. The van der Waals surface area contributed by atoms with Crippen molar-refractivity contribution in [2.75, 3.05) is 44.2 Å². The lowest BCUT2D eigenvalue weighted by Crippen LogP contribution is -2.48. The highest BCUT2D eigenvalue weighted by Gasteiger charge is 2.28. The zero-order valence-electron chi connectivity index (χ0n) is 17.6. The maximum absolute atomic E-state index is 12.1. The minimum Gasteiger partial charge on any atom is -0.466 e.